The molecule has 0 saturated heterocycles. The van der Waals surface area contributed by atoms with E-state index in [0.29, 0.717) is 5.82 Å². The van der Waals surface area contributed by atoms with Gasteiger partial charge < -0.3 is 0 Å². The highest BCUT2D eigenvalue weighted by Crippen LogP contribution is 2.25. The van der Waals surface area contributed by atoms with Gasteiger partial charge in [-0.1, -0.05) is 24.8 Å². The first kappa shape index (κ1) is 12.3. The summed E-state index contributed by atoms with van der Waals surface area (Å²) in [5, 5.41) is 10.4. The van der Waals surface area contributed by atoms with E-state index in [1.807, 2.05) is 23.7 Å². The lowest BCUT2D eigenvalue weighted by molar-refractivity contribution is 0.980. The number of aromatic amines is 1. The Labute approximate surface area is 118 Å². The van der Waals surface area contributed by atoms with Crippen molar-refractivity contribution in [3.05, 3.63) is 28.6 Å². The second-order valence-corrected chi connectivity index (χ2v) is 5.88. The van der Waals surface area contributed by atoms with E-state index in [-0.39, 0.29) is 0 Å². The first-order valence-corrected chi connectivity index (χ1v) is 7.65. The minimum atomic E-state index is 0.656. The number of nitrogens with one attached hydrogen (secondary N) is 1. The number of thiophene rings is 1. The van der Waals surface area contributed by atoms with Gasteiger partial charge in [-0.2, -0.15) is 5.10 Å². The number of hydrogen-bond acceptors (Lipinski definition) is 6. The van der Waals surface area contributed by atoms with Gasteiger partial charge in [0.05, 0.1) is 11.6 Å². The van der Waals surface area contributed by atoms with Crippen molar-refractivity contribution in [2.45, 2.75) is 12.1 Å². The van der Waals surface area contributed by atoms with E-state index in [1.54, 1.807) is 29.3 Å². The molecule has 0 unspecified atom stereocenters. The molecule has 3 aromatic heterocycles. The normalized spacial score (nSPS) is 11.6. The van der Waals surface area contributed by atoms with Crippen LogP contribution in [0.1, 0.15) is 11.8 Å². The fourth-order valence-corrected chi connectivity index (χ4v) is 2.73. The van der Waals surface area contributed by atoms with Crippen molar-refractivity contribution in [2.24, 2.45) is 4.99 Å². The van der Waals surface area contributed by atoms with Crippen LogP contribution in [0.3, 0.4) is 0 Å². The number of nitrogens with zero attached hydrogens (tertiary/aromatic N) is 4. The number of aromatic nitrogens is 4. The molecular weight excluding hydrogens is 278 g/mol. The highest BCUT2D eigenvalue weighted by atomic mass is 32.2. The quantitative estimate of drug-likeness (QED) is 0.455. The van der Waals surface area contributed by atoms with Gasteiger partial charge in [0.25, 0.3) is 0 Å². The number of rotatable bonds is 4. The van der Waals surface area contributed by atoms with E-state index >= 15 is 0 Å². The lowest BCUT2D eigenvalue weighted by Gasteiger charge is -1.99. The van der Waals surface area contributed by atoms with Gasteiger partial charge in [-0.3, -0.25) is 5.10 Å². The van der Waals surface area contributed by atoms with Crippen LogP contribution in [0.2, 0.25) is 0 Å². The highest BCUT2D eigenvalue weighted by Gasteiger charge is 2.08. The van der Waals surface area contributed by atoms with Crippen LogP contribution in [0, 0.1) is 0 Å². The molecule has 0 aliphatic carbocycles. The van der Waals surface area contributed by atoms with Crippen LogP contribution in [0.25, 0.3) is 11.0 Å². The number of H-pyrrole nitrogens is 1. The van der Waals surface area contributed by atoms with Crippen molar-refractivity contribution in [3.8, 4) is 0 Å². The lowest BCUT2D eigenvalue weighted by atomic mass is 10.4. The summed E-state index contributed by atoms with van der Waals surface area (Å²) in [5.41, 5.74) is 0.726. The topological polar surface area (TPSA) is 66.8 Å². The lowest BCUT2D eigenvalue weighted by Crippen LogP contribution is -1.89. The Kier molecular flexibility index (Phi) is 3.56. The molecule has 0 radical (unpaired) electrons. The van der Waals surface area contributed by atoms with Gasteiger partial charge in [0.15, 0.2) is 16.6 Å². The van der Waals surface area contributed by atoms with Gasteiger partial charge in [0.1, 0.15) is 0 Å². The Balaban J connectivity index is 2.03. The maximum Gasteiger partial charge on any atom is 0.191 e. The van der Waals surface area contributed by atoms with Gasteiger partial charge in [-0.15, -0.1) is 11.3 Å². The van der Waals surface area contributed by atoms with E-state index in [9.17, 15) is 0 Å². The molecule has 5 nitrogen and oxygen atoms in total. The first-order valence-electron chi connectivity index (χ1n) is 5.78. The summed E-state index contributed by atoms with van der Waals surface area (Å²) in [7, 11) is 0. The predicted molar refractivity (Wildman–Crippen MR) is 79.7 cm³/mol. The maximum atomic E-state index is 4.46. The first-order chi connectivity index (χ1) is 9.36. The van der Waals surface area contributed by atoms with Crippen LogP contribution in [-0.2, 0) is 0 Å². The summed E-state index contributed by atoms with van der Waals surface area (Å²) < 4.78 is 0. The molecular formula is C12H11N5S2. The Hall–Kier alpha value is -1.73. The summed E-state index contributed by atoms with van der Waals surface area (Å²) in [4.78, 5) is 14.4. The molecule has 3 heterocycles. The number of fused-ring (bicyclic) bond motifs is 1. The minimum Gasteiger partial charge on any atom is -0.261 e. The monoisotopic (exact) mass is 289 g/mol. The summed E-state index contributed by atoms with van der Waals surface area (Å²) in [6.07, 6.45) is 3.52. The smallest absolute Gasteiger partial charge is 0.191 e. The molecule has 0 fully saturated rings. The van der Waals surface area contributed by atoms with E-state index < -0.39 is 0 Å². The molecule has 1 N–H and O–H groups in total. The maximum absolute atomic E-state index is 4.46. The number of hydrogen-bond donors (Lipinski definition) is 1. The molecule has 0 bridgehead atoms. The second kappa shape index (κ2) is 5.50. The van der Waals surface area contributed by atoms with Crippen molar-refractivity contribution in [1.82, 2.24) is 20.2 Å². The molecule has 0 aliphatic heterocycles. The van der Waals surface area contributed by atoms with Crippen LogP contribution in [0.5, 0.6) is 0 Å². The third-order valence-electron chi connectivity index (χ3n) is 2.40. The zero-order valence-corrected chi connectivity index (χ0v) is 11.8. The van der Waals surface area contributed by atoms with Crippen LogP contribution >= 0.6 is 23.1 Å². The molecule has 3 rings (SSSR count). The molecule has 0 aliphatic rings. The summed E-state index contributed by atoms with van der Waals surface area (Å²) in [5.74, 6) is 1.58. The van der Waals surface area contributed by atoms with Crippen LogP contribution < -0.4 is 0 Å². The van der Waals surface area contributed by atoms with Gasteiger partial charge in [-0.25, -0.2) is 15.0 Å². The second-order valence-electron chi connectivity index (χ2n) is 3.67. The van der Waals surface area contributed by atoms with Crippen molar-refractivity contribution < 1.29 is 0 Å². The Morgan fingerprint density at radius 3 is 3.21 bits per heavy atom. The average Bonchev–Trinajstić information content (AvgIpc) is 3.07. The van der Waals surface area contributed by atoms with Gasteiger partial charge in [-0.05, 0) is 17.2 Å². The largest absolute Gasteiger partial charge is 0.261 e. The van der Waals surface area contributed by atoms with Crippen LogP contribution in [0.15, 0.2) is 33.9 Å². The third kappa shape index (κ3) is 2.66. The van der Waals surface area contributed by atoms with Crippen LogP contribution in [-0.4, -0.2) is 32.1 Å². The third-order valence-corrected chi connectivity index (χ3v) is 3.94. The molecule has 0 amide bonds. The molecule has 0 aromatic carbocycles. The zero-order valence-electron chi connectivity index (χ0n) is 10.2. The molecule has 7 heteroatoms. The van der Waals surface area contributed by atoms with Crippen molar-refractivity contribution in [2.75, 3.05) is 5.75 Å². The number of thioether (sulfide) groups is 1. The molecule has 0 spiro atoms. The fourth-order valence-electron chi connectivity index (χ4n) is 1.58. The standard InChI is InChI=1S/C12H11N5S2/c1-2-18-12-15-10(9-7-14-17-11(9)16-12)13-6-8-4-3-5-19-8/h3-7H,2H2,1H3,(H,14,15,16,17). The molecule has 19 heavy (non-hydrogen) atoms. The average molecular weight is 289 g/mol. The van der Waals surface area contributed by atoms with Crippen molar-refractivity contribution in [3.63, 3.8) is 0 Å². The summed E-state index contributed by atoms with van der Waals surface area (Å²) in [6, 6.07) is 4.02. The summed E-state index contributed by atoms with van der Waals surface area (Å²) in [6.45, 7) is 2.07. The van der Waals surface area contributed by atoms with Crippen LogP contribution in [0.4, 0.5) is 5.82 Å². The van der Waals surface area contributed by atoms with Gasteiger partial charge in [0.2, 0.25) is 0 Å². The minimum absolute atomic E-state index is 0.656. The van der Waals surface area contributed by atoms with Gasteiger partial charge >= 0.3 is 0 Å². The Morgan fingerprint density at radius 2 is 2.42 bits per heavy atom. The van der Waals surface area contributed by atoms with E-state index in [2.05, 4.69) is 32.1 Å². The van der Waals surface area contributed by atoms with E-state index in [1.165, 1.54) is 0 Å². The SMILES string of the molecule is CCSc1nc(N=Cc2cccs2)c2cn[nH]c2n1. The van der Waals surface area contributed by atoms with E-state index in [0.717, 1.165) is 26.8 Å². The van der Waals surface area contributed by atoms with Gasteiger partial charge in [0, 0.05) is 11.1 Å². The predicted octanol–water partition coefficient (Wildman–Crippen LogP) is 3.28. The van der Waals surface area contributed by atoms with Crippen molar-refractivity contribution >= 4 is 46.2 Å². The zero-order chi connectivity index (χ0) is 13.1. The fraction of sp³-hybridized carbons (Fsp3) is 0.167. The number of aliphatic imine (C=N–C) groups is 1. The molecule has 3 aromatic rings. The highest BCUT2D eigenvalue weighted by molar-refractivity contribution is 7.99. The summed E-state index contributed by atoms with van der Waals surface area (Å²) >= 11 is 3.23. The molecule has 0 atom stereocenters. The molecule has 96 valence electrons. The Morgan fingerprint density at radius 1 is 1.47 bits per heavy atom. The molecule has 0 saturated carbocycles. The van der Waals surface area contributed by atoms with Crippen molar-refractivity contribution in [1.29, 1.82) is 0 Å². The van der Waals surface area contributed by atoms with E-state index in [4.69, 9.17) is 0 Å². The Bertz CT molecular complexity index is 702.